The SMILES string of the molecule is CCCOC(=O)CCC1(C)OCC(C(O)C2COC(C)(CCC(=O)OCCC)O2)O1. The van der Waals surface area contributed by atoms with E-state index in [0.717, 1.165) is 12.8 Å². The maximum atomic E-state index is 11.7. The van der Waals surface area contributed by atoms with Gasteiger partial charge in [-0.25, -0.2) is 0 Å². The van der Waals surface area contributed by atoms with Crippen LogP contribution in [0.25, 0.3) is 0 Å². The van der Waals surface area contributed by atoms with Gasteiger partial charge in [0.15, 0.2) is 11.6 Å². The van der Waals surface area contributed by atoms with E-state index in [9.17, 15) is 14.7 Å². The highest BCUT2D eigenvalue weighted by atomic mass is 16.8. The fraction of sp³-hybridized carbons (Fsp3) is 0.905. The van der Waals surface area contributed by atoms with E-state index in [1.165, 1.54) is 0 Å². The molecule has 0 spiro atoms. The Kier molecular flexibility index (Phi) is 9.49. The molecule has 4 atom stereocenters. The van der Waals surface area contributed by atoms with Gasteiger partial charge in [-0.2, -0.15) is 0 Å². The number of ether oxygens (including phenoxy) is 6. The molecule has 9 heteroatoms. The standard InChI is InChI=1S/C21H36O9/c1-5-11-25-17(22)7-9-20(3)27-13-15(29-20)19(24)16-14-28-21(4,30-16)10-8-18(23)26-12-6-2/h15-16,19,24H,5-14H2,1-4H3. The van der Waals surface area contributed by atoms with Crippen LogP contribution in [0.3, 0.4) is 0 Å². The second-order valence-corrected chi connectivity index (χ2v) is 8.13. The lowest BCUT2D eigenvalue weighted by Crippen LogP contribution is -2.42. The maximum absolute atomic E-state index is 11.7. The predicted octanol–water partition coefficient (Wildman–Crippen LogP) is 2.08. The summed E-state index contributed by atoms with van der Waals surface area (Å²) in [6.45, 7) is 8.50. The molecular formula is C21H36O9. The summed E-state index contributed by atoms with van der Waals surface area (Å²) in [6, 6.07) is 0. The van der Waals surface area contributed by atoms with Crippen LogP contribution in [0.2, 0.25) is 0 Å². The first-order valence-corrected chi connectivity index (χ1v) is 10.8. The summed E-state index contributed by atoms with van der Waals surface area (Å²) in [5, 5.41) is 10.7. The third kappa shape index (κ3) is 7.46. The van der Waals surface area contributed by atoms with Gasteiger partial charge in [-0.15, -0.1) is 0 Å². The van der Waals surface area contributed by atoms with Gasteiger partial charge in [0.05, 0.1) is 39.3 Å². The van der Waals surface area contributed by atoms with E-state index in [4.69, 9.17) is 28.4 Å². The Labute approximate surface area is 178 Å². The van der Waals surface area contributed by atoms with Crippen molar-refractivity contribution in [3.8, 4) is 0 Å². The van der Waals surface area contributed by atoms with Gasteiger partial charge in [0.1, 0.15) is 18.3 Å². The Bertz CT molecular complexity index is 521. The molecule has 2 aliphatic rings. The number of rotatable bonds is 12. The summed E-state index contributed by atoms with van der Waals surface area (Å²) >= 11 is 0. The number of esters is 2. The molecule has 2 fully saturated rings. The number of carbonyl (C=O) groups is 2. The van der Waals surface area contributed by atoms with Gasteiger partial charge >= 0.3 is 11.9 Å². The van der Waals surface area contributed by atoms with E-state index in [1.54, 1.807) is 13.8 Å². The fourth-order valence-electron chi connectivity index (χ4n) is 3.37. The molecule has 0 radical (unpaired) electrons. The molecule has 30 heavy (non-hydrogen) atoms. The third-order valence-electron chi connectivity index (χ3n) is 5.17. The van der Waals surface area contributed by atoms with Crippen molar-refractivity contribution in [2.45, 2.75) is 96.1 Å². The van der Waals surface area contributed by atoms with Crippen molar-refractivity contribution in [3.05, 3.63) is 0 Å². The molecule has 2 rings (SSSR count). The Balaban J connectivity index is 1.77. The van der Waals surface area contributed by atoms with Crippen molar-refractivity contribution >= 4 is 11.9 Å². The molecule has 0 aliphatic carbocycles. The minimum atomic E-state index is -0.970. The van der Waals surface area contributed by atoms with Crippen molar-refractivity contribution < 1.29 is 43.1 Å². The fourth-order valence-corrected chi connectivity index (χ4v) is 3.37. The molecule has 0 saturated carbocycles. The number of carbonyl (C=O) groups excluding carboxylic acids is 2. The first-order chi connectivity index (χ1) is 14.2. The summed E-state index contributed by atoms with van der Waals surface area (Å²) in [6.07, 6.45) is 0.381. The van der Waals surface area contributed by atoms with E-state index < -0.39 is 29.9 Å². The highest BCUT2D eigenvalue weighted by molar-refractivity contribution is 5.69. The lowest BCUT2D eigenvalue weighted by atomic mass is 10.1. The quantitative estimate of drug-likeness (QED) is 0.463. The normalized spacial score (nSPS) is 32.2. The highest BCUT2D eigenvalue weighted by Gasteiger charge is 2.47. The van der Waals surface area contributed by atoms with E-state index in [1.807, 2.05) is 13.8 Å². The van der Waals surface area contributed by atoms with Crippen LogP contribution < -0.4 is 0 Å². The molecule has 0 aromatic rings. The summed E-state index contributed by atoms with van der Waals surface area (Å²) in [4.78, 5) is 23.4. The van der Waals surface area contributed by atoms with Crippen molar-refractivity contribution in [2.24, 2.45) is 0 Å². The first-order valence-electron chi connectivity index (χ1n) is 10.8. The Morgan fingerprint density at radius 3 is 1.67 bits per heavy atom. The number of hydrogen-bond donors (Lipinski definition) is 1. The summed E-state index contributed by atoms with van der Waals surface area (Å²) in [7, 11) is 0. The summed E-state index contributed by atoms with van der Waals surface area (Å²) < 4.78 is 33.4. The molecule has 9 nitrogen and oxygen atoms in total. The Morgan fingerprint density at radius 1 is 0.900 bits per heavy atom. The van der Waals surface area contributed by atoms with Crippen molar-refractivity contribution in [3.63, 3.8) is 0 Å². The first kappa shape index (κ1) is 25.0. The Morgan fingerprint density at radius 2 is 1.30 bits per heavy atom. The summed E-state index contributed by atoms with van der Waals surface area (Å²) in [5.41, 5.74) is 0. The number of aliphatic hydroxyl groups is 1. The van der Waals surface area contributed by atoms with Crippen LogP contribution >= 0.6 is 0 Å². The van der Waals surface area contributed by atoms with Crippen molar-refractivity contribution in [1.82, 2.24) is 0 Å². The number of hydrogen-bond acceptors (Lipinski definition) is 9. The minimum Gasteiger partial charge on any atom is -0.466 e. The van der Waals surface area contributed by atoms with Gasteiger partial charge < -0.3 is 33.5 Å². The largest absolute Gasteiger partial charge is 0.466 e. The van der Waals surface area contributed by atoms with E-state index in [2.05, 4.69) is 0 Å². The van der Waals surface area contributed by atoms with Gasteiger partial charge in [-0.3, -0.25) is 9.59 Å². The highest BCUT2D eigenvalue weighted by Crippen LogP contribution is 2.35. The molecule has 0 aromatic heterocycles. The van der Waals surface area contributed by atoms with Crippen LogP contribution in [0, 0.1) is 0 Å². The zero-order valence-electron chi connectivity index (χ0n) is 18.5. The van der Waals surface area contributed by atoms with E-state index in [0.29, 0.717) is 26.1 Å². The number of aliphatic hydroxyl groups excluding tert-OH is 1. The molecule has 1 N–H and O–H groups in total. The average Bonchev–Trinajstić information content (AvgIpc) is 3.31. The Hall–Kier alpha value is -1.26. The lowest BCUT2D eigenvalue weighted by Gasteiger charge is -2.27. The molecule has 2 heterocycles. The molecule has 0 amide bonds. The topological polar surface area (TPSA) is 110 Å². The van der Waals surface area contributed by atoms with Crippen LogP contribution in [-0.2, 0) is 38.0 Å². The maximum Gasteiger partial charge on any atom is 0.305 e. The lowest BCUT2D eigenvalue weighted by molar-refractivity contribution is -0.197. The van der Waals surface area contributed by atoms with Crippen LogP contribution in [0.5, 0.6) is 0 Å². The van der Waals surface area contributed by atoms with E-state index in [-0.39, 0.29) is 38.0 Å². The van der Waals surface area contributed by atoms with Crippen LogP contribution in [0.15, 0.2) is 0 Å². The zero-order valence-corrected chi connectivity index (χ0v) is 18.5. The molecular weight excluding hydrogens is 396 g/mol. The third-order valence-corrected chi connectivity index (χ3v) is 5.17. The molecule has 4 unspecified atom stereocenters. The zero-order chi connectivity index (χ0) is 22.2. The van der Waals surface area contributed by atoms with Gasteiger partial charge in [0, 0.05) is 12.8 Å². The average molecular weight is 433 g/mol. The van der Waals surface area contributed by atoms with Crippen LogP contribution in [0.1, 0.15) is 66.2 Å². The second kappa shape index (κ2) is 11.4. The minimum absolute atomic E-state index is 0.175. The predicted molar refractivity (Wildman–Crippen MR) is 105 cm³/mol. The van der Waals surface area contributed by atoms with Gasteiger partial charge in [0.2, 0.25) is 0 Å². The summed E-state index contributed by atoms with van der Waals surface area (Å²) in [5.74, 6) is -2.53. The smallest absolute Gasteiger partial charge is 0.305 e. The van der Waals surface area contributed by atoms with Gasteiger partial charge in [-0.1, -0.05) is 13.8 Å². The molecule has 174 valence electrons. The van der Waals surface area contributed by atoms with Gasteiger partial charge in [-0.05, 0) is 26.7 Å². The molecule has 0 aromatic carbocycles. The van der Waals surface area contributed by atoms with Crippen LogP contribution in [0.4, 0.5) is 0 Å². The van der Waals surface area contributed by atoms with Crippen molar-refractivity contribution in [2.75, 3.05) is 26.4 Å². The van der Waals surface area contributed by atoms with E-state index >= 15 is 0 Å². The molecule has 2 aliphatic heterocycles. The monoisotopic (exact) mass is 432 g/mol. The van der Waals surface area contributed by atoms with Gasteiger partial charge in [0.25, 0.3) is 0 Å². The van der Waals surface area contributed by atoms with Crippen molar-refractivity contribution in [1.29, 1.82) is 0 Å². The second-order valence-electron chi connectivity index (χ2n) is 8.13. The van der Waals surface area contributed by atoms with Crippen LogP contribution in [-0.4, -0.2) is 73.4 Å². The molecule has 2 saturated heterocycles. The molecule has 0 bridgehead atoms.